The van der Waals surface area contributed by atoms with Crippen molar-refractivity contribution in [1.82, 2.24) is 0 Å². The number of esters is 1. The second-order valence-electron chi connectivity index (χ2n) is 3.53. The van der Waals surface area contributed by atoms with Gasteiger partial charge in [-0.05, 0) is 18.2 Å². The molecule has 98 valence electrons. The molecule has 2 N–H and O–H groups in total. The predicted octanol–water partition coefficient (Wildman–Crippen LogP) is 1.24. The topological polar surface area (TPSA) is 76.7 Å². The molecule has 6 heteroatoms. The largest absolute Gasteiger partial charge is 0.495 e. The number of carbonyl (C=O) groups excluding carboxylic acids is 2. The molecule has 1 rings (SSSR count). The Labute approximate surface area is 105 Å². The highest BCUT2D eigenvalue weighted by atomic mass is 16.5. The number of nitrogens with one attached hydrogen (secondary N) is 2. The highest BCUT2D eigenvalue weighted by Crippen LogP contribution is 2.27. The van der Waals surface area contributed by atoms with Crippen molar-refractivity contribution in [2.24, 2.45) is 0 Å². The Hall–Kier alpha value is -2.24. The van der Waals surface area contributed by atoms with Crippen LogP contribution < -0.4 is 15.4 Å². The van der Waals surface area contributed by atoms with Gasteiger partial charge in [-0.25, -0.2) is 0 Å². The van der Waals surface area contributed by atoms with Gasteiger partial charge < -0.3 is 20.1 Å². The zero-order valence-corrected chi connectivity index (χ0v) is 10.6. The van der Waals surface area contributed by atoms with E-state index < -0.39 is 0 Å². The molecule has 0 aliphatic heterocycles. The van der Waals surface area contributed by atoms with E-state index in [4.69, 9.17) is 4.74 Å². The fourth-order valence-corrected chi connectivity index (χ4v) is 1.37. The highest BCUT2D eigenvalue weighted by Gasteiger charge is 2.07. The first kappa shape index (κ1) is 13.8. The van der Waals surface area contributed by atoms with Gasteiger partial charge in [-0.3, -0.25) is 9.59 Å². The Morgan fingerprint density at radius 3 is 2.56 bits per heavy atom. The van der Waals surface area contributed by atoms with E-state index in [9.17, 15) is 9.59 Å². The van der Waals surface area contributed by atoms with Crippen molar-refractivity contribution in [2.75, 3.05) is 31.4 Å². The van der Waals surface area contributed by atoms with Gasteiger partial charge >= 0.3 is 5.97 Å². The molecule has 1 aromatic carbocycles. The van der Waals surface area contributed by atoms with Crippen LogP contribution in [0.1, 0.15) is 6.92 Å². The molecule has 0 saturated heterocycles. The molecule has 18 heavy (non-hydrogen) atoms. The summed E-state index contributed by atoms with van der Waals surface area (Å²) in [5.74, 6) is 0.0223. The fourth-order valence-electron chi connectivity index (χ4n) is 1.37. The summed E-state index contributed by atoms with van der Waals surface area (Å²) in [7, 11) is 2.84. The number of hydrogen-bond acceptors (Lipinski definition) is 5. The molecule has 0 fully saturated rings. The van der Waals surface area contributed by atoms with Crippen LogP contribution in [0.4, 0.5) is 11.4 Å². The Kier molecular flexibility index (Phi) is 4.98. The first-order chi connectivity index (χ1) is 8.56. The Morgan fingerprint density at radius 1 is 1.28 bits per heavy atom. The lowest BCUT2D eigenvalue weighted by Crippen LogP contribution is -2.15. The van der Waals surface area contributed by atoms with Gasteiger partial charge in [0.05, 0.1) is 19.9 Å². The molecule has 0 aliphatic rings. The van der Waals surface area contributed by atoms with Crippen LogP contribution in [0.3, 0.4) is 0 Å². The number of rotatable bonds is 5. The lowest BCUT2D eigenvalue weighted by Gasteiger charge is -2.12. The maximum atomic E-state index is 11.1. The van der Waals surface area contributed by atoms with Crippen LogP contribution in [0.5, 0.6) is 5.75 Å². The van der Waals surface area contributed by atoms with Crippen LogP contribution >= 0.6 is 0 Å². The van der Waals surface area contributed by atoms with E-state index in [1.165, 1.54) is 21.1 Å². The van der Waals surface area contributed by atoms with Gasteiger partial charge in [0, 0.05) is 12.6 Å². The lowest BCUT2D eigenvalue weighted by atomic mass is 10.2. The molecule has 0 spiro atoms. The van der Waals surface area contributed by atoms with Crippen molar-refractivity contribution in [3.05, 3.63) is 18.2 Å². The lowest BCUT2D eigenvalue weighted by molar-refractivity contribution is -0.138. The van der Waals surface area contributed by atoms with Crippen molar-refractivity contribution < 1.29 is 19.1 Å². The third kappa shape index (κ3) is 3.97. The minimum Gasteiger partial charge on any atom is -0.495 e. The summed E-state index contributed by atoms with van der Waals surface area (Å²) in [4.78, 5) is 22.0. The molecule has 0 bridgehead atoms. The summed E-state index contributed by atoms with van der Waals surface area (Å²) in [5.41, 5.74) is 1.23. The van der Waals surface area contributed by atoms with Gasteiger partial charge in [-0.1, -0.05) is 0 Å². The van der Waals surface area contributed by atoms with E-state index in [1.54, 1.807) is 18.2 Å². The van der Waals surface area contributed by atoms with Gasteiger partial charge in [0.25, 0.3) is 0 Å². The van der Waals surface area contributed by atoms with Crippen LogP contribution in [0.25, 0.3) is 0 Å². The number of methoxy groups -OCH3 is 2. The Morgan fingerprint density at radius 2 is 2.00 bits per heavy atom. The normalized spacial score (nSPS) is 9.50. The van der Waals surface area contributed by atoms with Gasteiger partial charge in [0.1, 0.15) is 12.3 Å². The second-order valence-corrected chi connectivity index (χ2v) is 3.53. The van der Waals surface area contributed by atoms with Gasteiger partial charge in [0.15, 0.2) is 0 Å². The van der Waals surface area contributed by atoms with E-state index in [0.29, 0.717) is 17.1 Å². The molecule has 1 aromatic rings. The van der Waals surface area contributed by atoms with Gasteiger partial charge in [-0.2, -0.15) is 0 Å². The van der Waals surface area contributed by atoms with Crippen LogP contribution in [0.2, 0.25) is 0 Å². The summed E-state index contributed by atoms with van der Waals surface area (Å²) in [6.07, 6.45) is 0. The first-order valence-corrected chi connectivity index (χ1v) is 5.33. The number of hydrogen-bond donors (Lipinski definition) is 2. The second kappa shape index (κ2) is 6.48. The Bertz CT molecular complexity index is 446. The van der Waals surface area contributed by atoms with E-state index >= 15 is 0 Å². The third-order valence-electron chi connectivity index (χ3n) is 2.17. The number of carbonyl (C=O) groups is 2. The number of amides is 1. The molecule has 0 aliphatic carbocycles. The van der Waals surface area contributed by atoms with Crippen molar-refractivity contribution in [1.29, 1.82) is 0 Å². The molecule has 6 nitrogen and oxygen atoms in total. The minimum atomic E-state index is -0.387. The number of benzene rings is 1. The average molecular weight is 252 g/mol. The van der Waals surface area contributed by atoms with E-state index in [0.717, 1.165) is 0 Å². The van der Waals surface area contributed by atoms with Crippen molar-refractivity contribution in [2.45, 2.75) is 6.92 Å². The smallest absolute Gasteiger partial charge is 0.325 e. The molecular formula is C12H16N2O4. The minimum absolute atomic E-state index is 0.0242. The van der Waals surface area contributed by atoms with Crippen LogP contribution in [0.15, 0.2) is 18.2 Å². The molecule has 0 aromatic heterocycles. The standard InChI is InChI=1S/C12H16N2O4/c1-8(15)14-9-4-5-11(17-2)10(6-9)13-7-12(16)18-3/h4-6,13H,7H2,1-3H3,(H,14,15). The SMILES string of the molecule is COC(=O)CNc1cc(NC(C)=O)ccc1OC. The predicted molar refractivity (Wildman–Crippen MR) is 67.8 cm³/mol. The number of anilines is 2. The van der Waals surface area contributed by atoms with E-state index in [-0.39, 0.29) is 18.4 Å². The first-order valence-electron chi connectivity index (χ1n) is 5.33. The molecule has 0 radical (unpaired) electrons. The molecule has 0 saturated carbocycles. The zero-order valence-electron chi connectivity index (χ0n) is 10.6. The zero-order chi connectivity index (χ0) is 13.5. The highest BCUT2D eigenvalue weighted by molar-refractivity contribution is 5.89. The molecule has 1 amide bonds. The molecule has 0 heterocycles. The van der Waals surface area contributed by atoms with E-state index in [1.807, 2.05) is 0 Å². The van der Waals surface area contributed by atoms with Crippen molar-refractivity contribution >= 4 is 23.3 Å². The monoisotopic (exact) mass is 252 g/mol. The molecular weight excluding hydrogens is 236 g/mol. The fraction of sp³-hybridized carbons (Fsp3) is 0.333. The summed E-state index contributed by atoms with van der Waals surface area (Å²) in [6, 6.07) is 5.09. The quantitative estimate of drug-likeness (QED) is 0.771. The van der Waals surface area contributed by atoms with Crippen LogP contribution in [0, 0.1) is 0 Å². The third-order valence-corrected chi connectivity index (χ3v) is 2.17. The summed E-state index contributed by atoms with van der Waals surface area (Å²) in [6.45, 7) is 1.45. The van der Waals surface area contributed by atoms with Gasteiger partial charge in [-0.15, -0.1) is 0 Å². The van der Waals surface area contributed by atoms with Crippen molar-refractivity contribution in [3.63, 3.8) is 0 Å². The maximum Gasteiger partial charge on any atom is 0.325 e. The van der Waals surface area contributed by atoms with Crippen molar-refractivity contribution in [3.8, 4) is 5.75 Å². The number of ether oxygens (including phenoxy) is 2. The van der Waals surface area contributed by atoms with Gasteiger partial charge in [0.2, 0.25) is 5.91 Å². The van der Waals surface area contributed by atoms with E-state index in [2.05, 4.69) is 15.4 Å². The molecule has 0 unspecified atom stereocenters. The molecule has 0 atom stereocenters. The average Bonchev–Trinajstić information content (AvgIpc) is 2.35. The summed E-state index contributed by atoms with van der Waals surface area (Å²) < 4.78 is 9.67. The maximum absolute atomic E-state index is 11.1. The van der Waals surface area contributed by atoms with Crippen LogP contribution in [-0.4, -0.2) is 32.6 Å². The Balaban J connectivity index is 2.84. The summed E-state index contributed by atoms with van der Waals surface area (Å²) in [5, 5.41) is 5.53. The van der Waals surface area contributed by atoms with Crippen LogP contribution in [-0.2, 0) is 14.3 Å². The summed E-state index contributed by atoms with van der Waals surface area (Å²) >= 11 is 0.